The minimum atomic E-state index is -0.153. The smallest absolute Gasteiger partial charge is 0.306 e. The van der Waals surface area contributed by atoms with Gasteiger partial charge in [0.15, 0.2) is 0 Å². The fourth-order valence-corrected chi connectivity index (χ4v) is 2.46. The van der Waals surface area contributed by atoms with Crippen molar-refractivity contribution in [3.63, 3.8) is 0 Å². The van der Waals surface area contributed by atoms with Gasteiger partial charge in [-0.3, -0.25) is 4.79 Å². The van der Waals surface area contributed by atoms with E-state index in [1.807, 2.05) is 13.1 Å². The number of carbonyl (C=O) groups is 1. The molecule has 3 N–H and O–H groups in total. The first-order chi connectivity index (χ1) is 10.7. The quantitative estimate of drug-likeness (QED) is 0.731. The molecule has 5 heteroatoms. The van der Waals surface area contributed by atoms with E-state index in [0.717, 1.165) is 24.2 Å². The number of H-pyrrole nitrogens is 1. The highest BCUT2D eigenvalue weighted by molar-refractivity contribution is 5.69. The molecule has 1 heterocycles. The van der Waals surface area contributed by atoms with E-state index >= 15 is 0 Å². The second-order valence-corrected chi connectivity index (χ2v) is 5.21. The number of aromatic nitrogens is 2. The lowest BCUT2D eigenvalue weighted by Gasteiger charge is -2.09. The number of hydrogen-bond donors (Lipinski definition) is 2. The van der Waals surface area contributed by atoms with Gasteiger partial charge in [-0.05, 0) is 43.0 Å². The van der Waals surface area contributed by atoms with Gasteiger partial charge in [-0.1, -0.05) is 18.2 Å². The molecule has 0 aliphatic carbocycles. The predicted octanol–water partition coefficient (Wildman–Crippen LogP) is 2.00. The van der Waals surface area contributed by atoms with Gasteiger partial charge in [0.05, 0.1) is 6.61 Å². The lowest BCUT2D eigenvalue weighted by Crippen LogP contribution is -2.07. The highest BCUT2D eigenvalue weighted by atomic mass is 16.5. The minimum absolute atomic E-state index is 0.153. The van der Waals surface area contributed by atoms with Crippen LogP contribution in [0.15, 0.2) is 30.6 Å². The zero-order valence-corrected chi connectivity index (χ0v) is 13.0. The largest absolute Gasteiger partial charge is 0.466 e. The first-order valence-electron chi connectivity index (χ1n) is 7.67. The summed E-state index contributed by atoms with van der Waals surface area (Å²) in [6, 6.07) is 6.41. The number of benzene rings is 1. The molecule has 0 fully saturated rings. The number of esters is 1. The van der Waals surface area contributed by atoms with Crippen LogP contribution >= 0.6 is 0 Å². The molecule has 5 nitrogen and oxygen atoms in total. The van der Waals surface area contributed by atoms with Crippen LogP contribution in [0.25, 0.3) is 0 Å². The molecule has 1 aromatic heterocycles. The summed E-state index contributed by atoms with van der Waals surface area (Å²) in [5, 5.41) is 0. The maximum atomic E-state index is 11.5. The Labute approximate surface area is 130 Å². The Balaban J connectivity index is 2.10. The van der Waals surface area contributed by atoms with Crippen molar-refractivity contribution in [3.05, 3.63) is 53.1 Å². The lowest BCUT2D eigenvalue weighted by molar-refractivity contribution is -0.143. The van der Waals surface area contributed by atoms with E-state index in [1.54, 1.807) is 6.20 Å². The van der Waals surface area contributed by atoms with E-state index in [-0.39, 0.29) is 5.97 Å². The maximum absolute atomic E-state index is 11.5. The van der Waals surface area contributed by atoms with E-state index in [4.69, 9.17) is 10.5 Å². The monoisotopic (exact) mass is 301 g/mol. The van der Waals surface area contributed by atoms with Crippen molar-refractivity contribution < 1.29 is 9.53 Å². The van der Waals surface area contributed by atoms with Crippen molar-refractivity contribution in [3.8, 4) is 0 Å². The van der Waals surface area contributed by atoms with Crippen molar-refractivity contribution in [2.24, 2.45) is 5.73 Å². The number of carbonyl (C=O) groups excluding carboxylic acids is 1. The second kappa shape index (κ2) is 8.34. The maximum Gasteiger partial charge on any atom is 0.306 e. The Hall–Kier alpha value is -2.14. The number of nitrogens with zero attached hydrogens (tertiary/aromatic N) is 1. The molecule has 118 valence electrons. The third kappa shape index (κ3) is 5.00. The van der Waals surface area contributed by atoms with Crippen molar-refractivity contribution in [2.75, 3.05) is 13.2 Å². The molecule has 0 radical (unpaired) electrons. The Kier molecular flexibility index (Phi) is 6.15. The summed E-state index contributed by atoms with van der Waals surface area (Å²) in [4.78, 5) is 18.9. The third-order valence-electron chi connectivity index (χ3n) is 3.39. The van der Waals surface area contributed by atoms with Crippen molar-refractivity contribution >= 4 is 5.97 Å². The standard InChI is InChI=1S/C17H23N3O2/c1-2-22-17(21)4-3-13-9-14(5-6-18)11-15(10-13)12-16-19-7-8-20-16/h7-11H,2-6,12,18H2,1H3,(H,19,20). The molecule has 0 atom stereocenters. The molecule has 0 saturated heterocycles. The minimum Gasteiger partial charge on any atom is -0.466 e. The van der Waals surface area contributed by atoms with E-state index in [1.165, 1.54) is 11.1 Å². The lowest BCUT2D eigenvalue weighted by atomic mass is 9.99. The van der Waals surface area contributed by atoms with E-state index in [9.17, 15) is 4.79 Å². The molecular weight excluding hydrogens is 278 g/mol. The number of aryl methyl sites for hydroxylation is 1. The fourth-order valence-electron chi connectivity index (χ4n) is 2.46. The van der Waals surface area contributed by atoms with E-state index < -0.39 is 0 Å². The number of nitrogens with two attached hydrogens (primary N) is 1. The summed E-state index contributed by atoms with van der Waals surface area (Å²) in [7, 11) is 0. The van der Waals surface area contributed by atoms with Crippen LogP contribution in [0.4, 0.5) is 0 Å². The van der Waals surface area contributed by atoms with Crippen LogP contribution in [-0.2, 0) is 28.8 Å². The summed E-state index contributed by atoms with van der Waals surface area (Å²) in [6.45, 7) is 2.86. The number of imidazole rings is 1. The summed E-state index contributed by atoms with van der Waals surface area (Å²) in [6.07, 6.45) is 6.24. The van der Waals surface area contributed by atoms with E-state index in [2.05, 4.69) is 28.2 Å². The highest BCUT2D eigenvalue weighted by Gasteiger charge is 2.07. The summed E-state index contributed by atoms with van der Waals surface area (Å²) >= 11 is 0. The average Bonchev–Trinajstić information content (AvgIpc) is 2.98. The van der Waals surface area contributed by atoms with Crippen LogP contribution in [0.5, 0.6) is 0 Å². The molecule has 0 bridgehead atoms. The second-order valence-electron chi connectivity index (χ2n) is 5.21. The molecule has 0 amide bonds. The predicted molar refractivity (Wildman–Crippen MR) is 85.5 cm³/mol. The number of aromatic amines is 1. The Bertz CT molecular complexity index is 594. The van der Waals surface area contributed by atoms with Gasteiger partial charge in [0, 0.05) is 25.2 Å². The number of nitrogens with one attached hydrogen (secondary N) is 1. The molecule has 0 saturated carbocycles. The summed E-state index contributed by atoms with van der Waals surface area (Å²) in [5.41, 5.74) is 9.19. The van der Waals surface area contributed by atoms with Crippen LogP contribution in [0.2, 0.25) is 0 Å². The topological polar surface area (TPSA) is 81.0 Å². The van der Waals surface area contributed by atoms with Crippen LogP contribution in [0, 0.1) is 0 Å². The van der Waals surface area contributed by atoms with Crippen molar-refractivity contribution in [2.45, 2.75) is 32.6 Å². The molecule has 1 aromatic carbocycles. The van der Waals surface area contributed by atoms with Gasteiger partial charge >= 0.3 is 5.97 Å². The Morgan fingerprint density at radius 2 is 1.95 bits per heavy atom. The molecule has 2 aromatic rings. The van der Waals surface area contributed by atoms with Gasteiger partial charge in [0.25, 0.3) is 0 Å². The van der Waals surface area contributed by atoms with Gasteiger partial charge in [-0.15, -0.1) is 0 Å². The zero-order valence-electron chi connectivity index (χ0n) is 13.0. The summed E-state index contributed by atoms with van der Waals surface area (Å²) < 4.78 is 4.98. The number of ether oxygens (including phenoxy) is 1. The molecule has 0 unspecified atom stereocenters. The number of hydrogen-bond acceptors (Lipinski definition) is 4. The molecule has 2 rings (SSSR count). The molecule has 22 heavy (non-hydrogen) atoms. The SMILES string of the molecule is CCOC(=O)CCc1cc(CCN)cc(Cc2ncc[nH]2)c1. The molecule has 0 spiro atoms. The summed E-state index contributed by atoms with van der Waals surface area (Å²) in [5.74, 6) is 0.778. The van der Waals surface area contributed by atoms with Crippen LogP contribution in [0.3, 0.4) is 0 Å². The van der Waals surface area contributed by atoms with Crippen molar-refractivity contribution in [1.82, 2.24) is 9.97 Å². The first-order valence-corrected chi connectivity index (χ1v) is 7.67. The normalized spacial score (nSPS) is 10.6. The van der Waals surface area contributed by atoms with Crippen LogP contribution < -0.4 is 5.73 Å². The Morgan fingerprint density at radius 3 is 2.59 bits per heavy atom. The zero-order chi connectivity index (χ0) is 15.8. The average molecular weight is 301 g/mol. The number of rotatable bonds is 8. The van der Waals surface area contributed by atoms with E-state index in [0.29, 0.717) is 26.0 Å². The van der Waals surface area contributed by atoms with Crippen LogP contribution in [-0.4, -0.2) is 29.1 Å². The van der Waals surface area contributed by atoms with Crippen LogP contribution in [0.1, 0.15) is 35.9 Å². The van der Waals surface area contributed by atoms with Gasteiger partial charge in [0.1, 0.15) is 5.82 Å². The highest BCUT2D eigenvalue weighted by Crippen LogP contribution is 2.15. The van der Waals surface area contributed by atoms with Gasteiger partial charge in [-0.2, -0.15) is 0 Å². The fraction of sp³-hybridized carbons (Fsp3) is 0.412. The molecule has 0 aliphatic rings. The molecular formula is C17H23N3O2. The Morgan fingerprint density at radius 1 is 1.23 bits per heavy atom. The third-order valence-corrected chi connectivity index (χ3v) is 3.39. The first kappa shape index (κ1) is 16.2. The van der Waals surface area contributed by atoms with Gasteiger partial charge < -0.3 is 15.5 Å². The molecule has 0 aliphatic heterocycles. The van der Waals surface area contributed by atoms with Gasteiger partial charge in [-0.25, -0.2) is 4.98 Å². The van der Waals surface area contributed by atoms with Crippen molar-refractivity contribution in [1.29, 1.82) is 0 Å². The van der Waals surface area contributed by atoms with Gasteiger partial charge in [0.2, 0.25) is 0 Å².